The molecular formula is C10H8ClF3N4. The summed E-state index contributed by atoms with van der Waals surface area (Å²) in [6, 6.07) is 1.63. The average molecular weight is 277 g/mol. The summed E-state index contributed by atoms with van der Waals surface area (Å²) in [5.41, 5.74) is 4.97. The number of aryl methyl sites for hydroxylation is 1. The van der Waals surface area contributed by atoms with Crippen LogP contribution in [-0.2, 0) is 6.18 Å². The van der Waals surface area contributed by atoms with Crippen LogP contribution in [0.2, 0.25) is 5.02 Å². The first-order valence-electron chi connectivity index (χ1n) is 4.84. The third kappa shape index (κ3) is 2.40. The molecule has 0 aliphatic rings. The number of hydrogen-bond acceptors (Lipinski definition) is 3. The molecule has 0 saturated heterocycles. The smallest absolute Gasteiger partial charge is 0.384 e. The van der Waals surface area contributed by atoms with Gasteiger partial charge in [0.25, 0.3) is 0 Å². The number of hydrogen-bond donors (Lipinski definition) is 1. The Morgan fingerprint density at radius 1 is 1.33 bits per heavy atom. The van der Waals surface area contributed by atoms with Gasteiger partial charge in [-0.05, 0) is 19.1 Å². The number of nitrogens with zero attached hydrogens (tertiary/aromatic N) is 3. The zero-order valence-electron chi connectivity index (χ0n) is 9.16. The maximum atomic E-state index is 12.6. The Morgan fingerprint density at radius 3 is 2.50 bits per heavy atom. The summed E-state index contributed by atoms with van der Waals surface area (Å²) in [7, 11) is 0. The van der Waals surface area contributed by atoms with Crippen molar-refractivity contribution in [1.82, 2.24) is 14.8 Å². The molecule has 2 heterocycles. The lowest BCUT2D eigenvalue weighted by Crippen LogP contribution is -2.10. The minimum Gasteiger partial charge on any atom is -0.384 e. The van der Waals surface area contributed by atoms with Crippen LogP contribution >= 0.6 is 11.6 Å². The molecule has 0 radical (unpaired) electrons. The van der Waals surface area contributed by atoms with E-state index in [4.69, 9.17) is 17.3 Å². The molecule has 8 heteroatoms. The van der Waals surface area contributed by atoms with E-state index in [9.17, 15) is 13.2 Å². The maximum Gasteiger partial charge on any atom is 0.416 e. The van der Waals surface area contributed by atoms with Crippen molar-refractivity contribution in [2.75, 3.05) is 5.73 Å². The molecule has 2 rings (SSSR count). The van der Waals surface area contributed by atoms with Crippen LogP contribution in [0.3, 0.4) is 0 Å². The molecule has 0 unspecified atom stereocenters. The predicted molar refractivity (Wildman–Crippen MR) is 60.5 cm³/mol. The number of nitrogens with two attached hydrogens (primary N) is 1. The molecule has 4 nitrogen and oxygen atoms in total. The molecule has 0 aromatic carbocycles. The van der Waals surface area contributed by atoms with Gasteiger partial charge in [0.15, 0.2) is 5.82 Å². The van der Waals surface area contributed by atoms with E-state index in [0.29, 0.717) is 10.7 Å². The van der Waals surface area contributed by atoms with Gasteiger partial charge in [-0.25, -0.2) is 9.67 Å². The van der Waals surface area contributed by atoms with E-state index in [1.807, 2.05) is 0 Å². The Labute approximate surface area is 105 Å². The van der Waals surface area contributed by atoms with E-state index >= 15 is 0 Å². The summed E-state index contributed by atoms with van der Waals surface area (Å²) in [5, 5.41) is 4.28. The van der Waals surface area contributed by atoms with Crippen molar-refractivity contribution in [2.24, 2.45) is 0 Å². The summed E-state index contributed by atoms with van der Waals surface area (Å²) >= 11 is 5.78. The molecular weight excluding hydrogens is 269 g/mol. The van der Waals surface area contributed by atoms with Crippen LogP contribution in [0.1, 0.15) is 11.3 Å². The molecule has 0 atom stereocenters. The normalized spacial score (nSPS) is 11.8. The monoisotopic (exact) mass is 276 g/mol. The number of halogens is 4. The zero-order chi connectivity index (χ0) is 13.5. The zero-order valence-corrected chi connectivity index (χ0v) is 9.92. The first-order chi connectivity index (χ1) is 8.27. The molecule has 96 valence electrons. The van der Waals surface area contributed by atoms with Gasteiger partial charge >= 0.3 is 6.18 Å². The van der Waals surface area contributed by atoms with Crippen molar-refractivity contribution in [3.8, 4) is 5.82 Å². The van der Waals surface area contributed by atoms with Gasteiger partial charge in [-0.3, -0.25) is 0 Å². The lowest BCUT2D eigenvalue weighted by atomic mass is 10.2. The fourth-order valence-electron chi connectivity index (χ4n) is 1.37. The third-order valence-electron chi connectivity index (χ3n) is 2.23. The third-order valence-corrected chi connectivity index (χ3v) is 2.60. The fourth-order valence-corrected chi connectivity index (χ4v) is 1.50. The van der Waals surface area contributed by atoms with Gasteiger partial charge in [0.2, 0.25) is 0 Å². The second kappa shape index (κ2) is 4.16. The first kappa shape index (κ1) is 12.7. The molecule has 2 aromatic heterocycles. The van der Waals surface area contributed by atoms with Gasteiger partial charge < -0.3 is 5.73 Å². The molecule has 0 fully saturated rings. The van der Waals surface area contributed by atoms with Crippen molar-refractivity contribution in [2.45, 2.75) is 13.1 Å². The van der Waals surface area contributed by atoms with Crippen molar-refractivity contribution in [1.29, 1.82) is 0 Å². The molecule has 2 aromatic rings. The van der Waals surface area contributed by atoms with E-state index in [0.717, 1.165) is 16.8 Å². The maximum absolute atomic E-state index is 12.6. The summed E-state index contributed by atoms with van der Waals surface area (Å²) < 4.78 is 39.0. The quantitative estimate of drug-likeness (QED) is 0.871. The second-order valence-corrected chi connectivity index (χ2v) is 4.05. The lowest BCUT2D eigenvalue weighted by Gasteiger charge is -2.09. The molecule has 0 saturated carbocycles. The second-order valence-electron chi connectivity index (χ2n) is 3.64. The minimum absolute atomic E-state index is 0.0303. The number of nitrogen functional groups attached to an aromatic ring is 1. The van der Waals surface area contributed by atoms with Crippen LogP contribution in [0.15, 0.2) is 18.3 Å². The Morgan fingerprint density at radius 2 is 2.00 bits per heavy atom. The van der Waals surface area contributed by atoms with Crippen LogP contribution in [0.5, 0.6) is 0 Å². The Hall–Kier alpha value is -1.76. The largest absolute Gasteiger partial charge is 0.416 e. The number of anilines is 1. The highest BCUT2D eigenvalue weighted by molar-refractivity contribution is 6.31. The van der Waals surface area contributed by atoms with E-state index < -0.39 is 11.7 Å². The molecule has 2 N–H and O–H groups in total. The van der Waals surface area contributed by atoms with Gasteiger partial charge in [-0.2, -0.15) is 18.3 Å². The lowest BCUT2D eigenvalue weighted by molar-refractivity contribution is -0.137. The van der Waals surface area contributed by atoms with Crippen LogP contribution in [0.25, 0.3) is 5.82 Å². The Bertz CT molecular complexity index is 572. The SMILES string of the molecule is Cc1nn(-c2cc(C(F)(F)F)cc(N)n2)cc1Cl. The molecule has 0 aliphatic heterocycles. The number of pyridine rings is 1. The summed E-state index contributed by atoms with van der Waals surface area (Å²) in [6.07, 6.45) is -3.11. The highest BCUT2D eigenvalue weighted by atomic mass is 35.5. The van der Waals surface area contributed by atoms with Gasteiger partial charge in [0.05, 0.1) is 22.5 Å². The fraction of sp³-hybridized carbons (Fsp3) is 0.200. The highest BCUT2D eigenvalue weighted by Crippen LogP contribution is 2.31. The molecule has 0 aliphatic carbocycles. The molecule has 18 heavy (non-hydrogen) atoms. The van der Waals surface area contributed by atoms with Crippen LogP contribution in [-0.4, -0.2) is 14.8 Å². The molecule has 0 spiro atoms. The van der Waals surface area contributed by atoms with Crippen molar-refractivity contribution >= 4 is 17.4 Å². The van der Waals surface area contributed by atoms with Gasteiger partial charge in [-0.1, -0.05) is 11.6 Å². The molecule has 0 bridgehead atoms. The van der Waals surface area contributed by atoms with Gasteiger partial charge in [-0.15, -0.1) is 0 Å². The predicted octanol–water partition coefficient (Wildman–Crippen LogP) is 2.83. The van der Waals surface area contributed by atoms with E-state index in [1.165, 1.54) is 6.20 Å². The van der Waals surface area contributed by atoms with Crippen LogP contribution in [0, 0.1) is 6.92 Å². The van der Waals surface area contributed by atoms with Crippen molar-refractivity contribution < 1.29 is 13.2 Å². The van der Waals surface area contributed by atoms with E-state index in [2.05, 4.69) is 10.1 Å². The van der Waals surface area contributed by atoms with Crippen molar-refractivity contribution in [3.05, 3.63) is 34.6 Å². The van der Waals surface area contributed by atoms with Crippen molar-refractivity contribution in [3.63, 3.8) is 0 Å². The number of aromatic nitrogens is 3. The highest BCUT2D eigenvalue weighted by Gasteiger charge is 2.31. The first-order valence-corrected chi connectivity index (χ1v) is 5.22. The molecule has 0 amide bonds. The standard InChI is InChI=1S/C10H8ClF3N4/c1-5-7(11)4-18(17-5)9-3-6(10(12,13)14)2-8(15)16-9/h2-4H,1H3,(H2,15,16). The van der Waals surface area contributed by atoms with Gasteiger partial charge in [0, 0.05) is 0 Å². The minimum atomic E-state index is -4.49. The van der Waals surface area contributed by atoms with Gasteiger partial charge in [0.1, 0.15) is 5.82 Å². The average Bonchev–Trinajstić information content (AvgIpc) is 2.57. The Balaban J connectivity index is 2.55. The Kier molecular flexibility index (Phi) is 2.94. The summed E-state index contributed by atoms with van der Waals surface area (Å²) in [5.74, 6) is -0.263. The summed E-state index contributed by atoms with van der Waals surface area (Å²) in [6.45, 7) is 1.63. The number of alkyl halides is 3. The van der Waals surface area contributed by atoms with Crippen LogP contribution < -0.4 is 5.73 Å². The summed E-state index contributed by atoms with van der Waals surface area (Å²) in [4.78, 5) is 3.79. The van der Waals surface area contributed by atoms with E-state index in [1.54, 1.807) is 6.92 Å². The van der Waals surface area contributed by atoms with Crippen LogP contribution in [0.4, 0.5) is 19.0 Å². The number of rotatable bonds is 1. The van der Waals surface area contributed by atoms with E-state index in [-0.39, 0.29) is 11.6 Å². The topological polar surface area (TPSA) is 56.7 Å².